The minimum atomic E-state index is -0.442. The van der Waals surface area contributed by atoms with E-state index in [1.165, 1.54) is 0 Å². The van der Waals surface area contributed by atoms with Crippen molar-refractivity contribution in [2.24, 2.45) is 0 Å². The van der Waals surface area contributed by atoms with E-state index in [-0.39, 0.29) is 12.5 Å². The third-order valence-electron chi connectivity index (χ3n) is 4.37. The molecule has 6 heteroatoms. The summed E-state index contributed by atoms with van der Waals surface area (Å²) in [5, 5.41) is 0. The van der Waals surface area contributed by atoms with E-state index >= 15 is 0 Å². The largest absolute Gasteiger partial charge is 0.460 e. The Labute approximate surface area is 160 Å². The molecule has 0 spiro atoms. The number of benzene rings is 1. The van der Waals surface area contributed by atoms with E-state index < -0.39 is 5.97 Å². The number of carbonyl (C=O) groups excluding carboxylic acids is 2. The van der Waals surface area contributed by atoms with Crippen LogP contribution >= 0.6 is 0 Å². The van der Waals surface area contributed by atoms with Crippen molar-refractivity contribution in [3.05, 3.63) is 58.4 Å². The highest BCUT2D eigenvalue weighted by molar-refractivity contribution is 6.00. The van der Waals surface area contributed by atoms with Gasteiger partial charge in [-0.05, 0) is 31.4 Å². The van der Waals surface area contributed by atoms with Gasteiger partial charge >= 0.3 is 5.97 Å². The Bertz CT molecular complexity index is 768. The lowest BCUT2D eigenvalue weighted by molar-refractivity contribution is 0.0387. The molecule has 0 saturated heterocycles. The number of methoxy groups -OCH3 is 1. The number of aromatic nitrogens is 1. The molecule has 0 aliphatic heterocycles. The van der Waals surface area contributed by atoms with Gasteiger partial charge in [0.05, 0.1) is 12.2 Å². The summed E-state index contributed by atoms with van der Waals surface area (Å²) in [5.41, 5.74) is 3.18. The van der Waals surface area contributed by atoms with E-state index in [0.29, 0.717) is 42.2 Å². The van der Waals surface area contributed by atoms with E-state index in [0.717, 1.165) is 12.0 Å². The lowest BCUT2D eigenvalue weighted by Crippen LogP contribution is -2.32. The monoisotopic (exact) mass is 372 g/mol. The zero-order valence-corrected chi connectivity index (χ0v) is 16.5. The Kier molecular flexibility index (Phi) is 7.61. The standard InChI is InChI=1S/C21H28N2O4/c1-5-11-23(14-17-9-7-6-8-10-17)20(24)19-15(2)18(16(3)22-19)21(25)27-13-12-26-4/h6-10,22H,5,11-14H2,1-4H3. The fourth-order valence-corrected chi connectivity index (χ4v) is 3.04. The quantitative estimate of drug-likeness (QED) is 0.540. The van der Waals surface area contributed by atoms with Gasteiger partial charge in [-0.25, -0.2) is 4.79 Å². The summed E-state index contributed by atoms with van der Waals surface area (Å²) >= 11 is 0. The number of rotatable bonds is 9. The van der Waals surface area contributed by atoms with Crippen molar-refractivity contribution in [1.82, 2.24) is 9.88 Å². The topological polar surface area (TPSA) is 71.6 Å². The van der Waals surface area contributed by atoms with Gasteiger partial charge in [-0.3, -0.25) is 4.79 Å². The molecular weight excluding hydrogens is 344 g/mol. The summed E-state index contributed by atoms with van der Waals surface area (Å²) in [7, 11) is 1.55. The van der Waals surface area contributed by atoms with Crippen LogP contribution in [-0.4, -0.2) is 48.6 Å². The normalized spacial score (nSPS) is 10.7. The fourth-order valence-electron chi connectivity index (χ4n) is 3.04. The van der Waals surface area contributed by atoms with Crippen molar-refractivity contribution in [1.29, 1.82) is 0 Å². The van der Waals surface area contributed by atoms with Crippen LogP contribution in [0.5, 0.6) is 0 Å². The van der Waals surface area contributed by atoms with Gasteiger partial charge in [-0.2, -0.15) is 0 Å². The summed E-state index contributed by atoms with van der Waals surface area (Å²) < 4.78 is 10.1. The second kappa shape index (κ2) is 9.92. The molecule has 0 aliphatic rings. The Morgan fingerprint density at radius 1 is 1.11 bits per heavy atom. The van der Waals surface area contributed by atoms with Crippen molar-refractivity contribution < 1.29 is 19.1 Å². The SMILES string of the molecule is CCCN(Cc1ccccc1)C(=O)c1[nH]c(C)c(C(=O)OCCOC)c1C. The highest BCUT2D eigenvalue weighted by Gasteiger charge is 2.26. The molecule has 0 unspecified atom stereocenters. The maximum atomic E-state index is 13.1. The van der Waals surface area contributed by atoms with Gasteiger partial charge in [0, 0.05) is 25.9 Å². The average molecular weight is 372 g/mol. The van der Waals surface area contributed by atoms with Crippen LogP contribution in [0.2, 0.25) is 0 Å². The molecule has 27 heavy (non-hydrogen) atoms. The molecule has 0 radical (unpaired) electrons. The molecule has 1 aromatic heterocycles. The van der Waals surface area contributed by atoms with Gasteiger partial charge in [0.2, 0.25) is 0 Å². The van der Waals surface area contributed by atoms with E-state index in [2.05, 4.69) is 4.98 Å². The van der Waals surface area contributed by atoms with Gasteiger partial charge in [-0.1, -0.05) is 37.3 Å². The van der Waals surface area contributed by atoms with E-state index in [1.807, 2.05) is 37.3 Å². The number of ether oxygens (including phenoxy) is 2. The Morgan fingerprint density at radius 3 is 2.44 bits per heavy atom. The number of aryl methyl sites for hydroxylation is 1. The summed E-state index contributed by atoms with van der Waals surface area (Å²) in [4.78, 5) is 30.4. The second-order valence-corrected chi connectivity index (χ2v) is 6.47. The molecule has 2 aromatic rings. The highest BCUT2D eigenvalue weighted by atomic mass is 16.6. The van der Waals surface area contributed by atoms with Crippen LogP contribution in [0.3, 0.4) is 0 Å². The molecular formula is C21H28N2O4. The molecule has 0 atom stereocenters. The van der Waals surface area contributed by atoms with Crippen molar-refractivity contribution >= 4 is 11.9 Å². The molecule has 1 amide bonds. The van der Waals surface area contributed by atoms with E-state index in [4.69, 9.17) is 9.47 Å². The zero-order chi connectivity index (χ0) is 19.8. The lowest BCUT2D eigenvalue weighted by Gasteiger charge is -2.22. The maximum absolute atomic E-state index is 13.1. The third kappa shape index (κ3) is 5.20. The van der Waals surface area contributed by atoms with Crippen LogP contribution in [-0.2, 0) is 16.0 Å². The van der Waals surface area contributed by atoms with Crippen molar-refractivity contribution in [2.45, 2.75) is 33.7 Å². The maximum Gasteiger partial charge on any atom is 0.340 e. The highest BCUT2D eigenvalue weighted by Crippen LogP contribution is 2.21. The number of esters is 1. The number of nitrogens with zero attached hydrogens (tertiary/aromatic N) is 1. The third-order valence-corrected chi connectivity index (χ3v) is 4.37. The molecule has 0 saturated carbocycles. The minimum absolute atomic E-state index is 0.114. The predicted octanol–water partition coefficient (Wildman–Crippen LogP) is 3.49. The predicted molar refractivity (Wildman–Crippen MR) is 104 cm³/mol. The summed E-state index contributed by atoms with van der Waals surface area (Å²) in [5.74, 6) is -0.556. The summed E-state index contributed by atoms with van der Waals surface area (Å²) in [6.07, 6.45) is 0.850. The smallest absolute Gasteiger partial charge is 0.340 e. The molecule has 0 bridgehead atoms. The Hall–Kier alpha value is -2.60. The van der Waals surface area contributed by atoms with Crippen LogP contribution in [0.25, 0.3) is 0 Å². The number of nitrogens with one attached hydrogen (secondary N) is 1. The fraction of sp³-hybridized carbons (Fsp3) is 0.429. The second-order valence-electron chi connectivity index (χ2n) is 6.47. The van der Waals surface area contributed by atoms with Crippen LogP contribution in [0.15, 0.2) is 30.3 Å². The summed E-state index contributed by atoms with van der Waals surface area (Å²) in [6.45, 7) is 7.27. The van der Waals surface area contributed by atoms with E-state index in [1.54, 1.807) is 25.9 Å². The van der Waals surface area contributed by atoms with Crippen molar-refractivity contribution in [3.8, 4) is 0 Å². The summed E-state index contributed by atoms with van der Waals surface area (Å²) in [6, 6.07) is 9.88. The Morgan fingerprint density at radius 2 is 1.81 bits per heavy atom. The molecule has 2 rings (SSSR count). The van der Waals surface area contributed by atoms with Gasteiger partial charge < -0.3 is 19.4 Å². The molecule has 0 fully saturated rings. The Balaban J connectivity index is 2.23. The average Bonchev–Trinajstić information content (AvgIpc) is 2.96. The molecule has 0 aliphatic carbocycles. The van der Waals surface area contributed by atoms with Gasteiger partial charge in [0.25, 0.3) is 5.91 Å². The van der Waals surface area contributed by atoms with Crippen LogP contribution in [0.1, 0.15) is 51.0 Å². The first kappa shape index (κ1) is 20.7. The molecule has 1 aromatic carbocycles. The molecule has 1 N–H and O–H groups in total. The van der Waals surface area contributed by atoms with Gasteiger partial charge in [0.1, 0.15) is 12.3 Å². The number of aromatic amines is 1. The van der Waals surface area contributed by atoms with Gasteiger partial charge in [0.15, 0.2) is 0 Å². The lowest BCUT2D eigenvalue weighted by atomic mass is 10.1. The molecule has 1 heterocycles. The number of hydrogen-bond donors (Lipinski definition) is 1. The number of H-pyrrole nitrogens is 1. The molecule has 146 valence electrons. The first-order valence-electron chi connectivity index (χ1n) is 9.18. The van der Waals surface area contributed by atoms with Crippen LogP contribution in [0.4, 0.5) is 0 Å². The van der Waals surface area contributed by atoms with Crippen molar-refractivity contribution in [3.63, 3.8) is 0 Å². The van der Waals surface area contributed by atoms with Gasteiger partial charge in [-0.15, -0.1) is 0 Å². The zero-order valence-electron chi connectivity index (χ0n) is 16.5. The first-order chi connectivity index (χ1) is 13.0. The van der Waals surface area contributed by atoms with E-state index in [9.17, 15) is 9.59 Å². The van der Waals surface area contributed by atoms with Crippen molar-refractivity contribution in [2.75, 3.05) is 26.9 Å². The van der Waals surface area contributed by atoms with Crippen LogP contribution < -0.4 is 0 Å². The first-order valence-corrected chi connectivity index (χ1v) is 9.18. The van der Waals surface area contributed by atoms with Crippen LogP contribution in [0, 0.1) is 13.8 Å². The minimum Gasteiger partial charge on any atom is -0.460 e. The molecule has 6 nitrogen and oxygen atoms in total. The number of amides is 1. The number of carbonyl (C=O) groups is 2. The number of hydrogen-bond acceptors (Lipinski definition) is 4.